The Morgan fingerprint density at radius 1 is 0.956 bits per heavy atom. The number of anilines is 2. The van der Waals surface area contributed by atoms with E-state index in [-0.39, 0.29) is 18.8 Å². The maximum absolute atomic E-state index is 13.6. The van der Waals surface area contributed by atoms with Crippen molar-refractivity contribution >= 4 is 23.1 Å². The van der Waals surface area contributed by atoms with Gasteiger partial charge in [-0.05, 0) is 74.2 Å². The Hall–Kier alpha value is -4.21. The van der Waals surface area contributed by atoms with Crippen LogP contribution in [0, 0.1) is 20.8 Å². The largest absolute Gasteiger partial charge is 0.493 e. The predicted molar refractivity (Wildman–Crippen MR) is 179 cm³/mol. The summed E-state index contributed by atoms with van der Waals surface area (Å²) < 4.78 is 11.9. The summed E-state index contributed by atoms with van der Waals surface area (Å²) in [5.74, 6) is 1.19. The molecule has 238 valence electrons. The summed E-state index contributed by atoms with van der Waals surface area (Å²) in [5, 5.41) is 14.6. The van der Waals surface area contributed by atoms with Gasteiger partial charge in [0.25, 0.3) is 0 Å². The Bertz CT molecular complexity index is 1540. The van der Waals surface area contributed by atoms with Crippen LogP contribution in [0.25, 0.3) is 5.70 Å². The van der Waals surface area contributed by atoms with Crippen LogP contribution in [0.15, 0.2) is 60.7 Å². The molecule has 45 heavy (non-hydrogen) atoms. The van der Waals surface area contributed by atoms with E-state index in [2.05, 4.69) is 78.4 Å². The number of para-hydroxylation sites is 1. The van der Waals surface area contributed by atoms with Crippen LogP contribution < -0.4 is 19.7 Å². The first kappa shape index (κ1) is 30.8. The van der Waals surface area contributed by atoms with Gasteiger partial charge in [0.2, 0.25) is 0 Å². The summed E-state index contributed by atoms with van der Waals surface area (Å²) in [6.07, 6.45) is 1.88. The minimum Gasteiger partial charge on any atom is -0.493 e. The highest BCUT2D eigenvalue weighted by atomic mass is 16.5. The van der Waals surface area contributed by atoms with Gasteiger partial charge in [-0.2, -0.15) is 0 Å². The Balaban J connectivity index is 1.16. The highest BCUT2D eigenvalue weighted by molar-refractivity contribution is 5.91. The van der Waals surface area contributed by atoms with Gasteiger partial charge in [0.1, 0.15) is 18.9 Å². The third kappa shape index (κ3) is 6.46. The molecule has 0 aromatic heterocycles. The number of aliphatic hydroxyl groups is 1. The molecule has 0 radical (unpaired) electrons. The Labute approximate surface area is 266 Å². The van der Waals surface area contributed by atoms with E-state index in [4.69, 9.17) is 9.47 Å². The number of fused-ring (bicyclic) bond motifs is 3. The van der Waals surface area contributed by atoms with E-state index in [0.717, 1.165) is 66.2 Å². The smallest absolute Gasteiger partial charge is 0.326 e. The van der Waals surface area contributed by atoms with E-state index in [1.165, 1.54) is 11.3 Å². The molecule has 2 N–H and O–H groups in total. The van der Waals surface area contributed by atoms with E-state index >= 15 is 0 Å². The van der Waals surface area contributed by atoms with Crippen molar-refractivity contribution in [2.45, 2.75) is 39.5 Å². The van der Waals surface area contributed by atoms with Crippen molar-refractivity contribution in [2.24, 2.45) is 0 Å². The molecule has 2 amide bonds. The number of hydrogen-bond donors (Lipinski definition) is 2. The molecule has 6 rings (SSSR count). The van der Waals surface area contributed by atoms with Crippen molar-refractivity contribution in [3.63, 3.8) is 0 Å². The molecular weight excluding hydrogens is 566 g/mol. The van der Waals surface area contributed by atoms with Crippen LogP contribution >= 0.6 is 0 Å². The molecule has 0 spiro atoms. The standard InChI is InChI=1S/C36H45N5O4/c1-24-17-25(2)35(26(3)18-24)37-34-21-31-30-20-33(32(44-5)19-27(30)11-12-41(31)36(43)38(34)4)45-23-29(42)22-39-13-15-40(16-14-39)28-9-7-6-8-10-28/h6-10,17-21,29,34,37,42H,11-16,22-23H2,1-5H3. The molecule has 3 aromatic carbocycles. The second-order valence-electron chi connectivity index (χ2n) is 12.5. The first-order valence-electron chi connectivity index (χ1n) is 15.9. The third-order valence-corrected chi connectivity index (χ3v) is 9.19. The molecule has 3 aromatic rings. The van der Waals surface area contributed by atoms with E-state index in [1.54, 1.807) is 12.0 Å². The highest BCUT2D eigenvalue weighted by Gasteiger charge is 2.36. The van der Waals surface area contributed by atoms with Crippen LogP contribution in [0.5, 0.6) is 11.5 Å². The quantitative estimate of drug-likeness (QED) is 0.357. The number of benzene rings is 3. The van der Waals surface area contributed by atoms with E-state index in [1.807, 2.05) is 30.1 Å². The van der Waals surface area contributed by atoms with Crippen LogP contribution in [0.3, 0.4) is 0 Å². The maximum atomic E-state index is 13.6. The van der Waals surface area contributed by atoms with Crippen LogP contribution in [0.1, 0.15) is 27.8 Å². The molecule has 9 heteroatoms. The predicted octanol–water partition coefficient (Wildman–Crippen LogP) is 4.88. The van der Waals surface area contributed by atoms with Crippen molar-refractivity contribution < 1.29 is 19.4 Å². The summed E-state index contributed by atoms with van der Waals surface area (Å²) >= 11 is 0. The number of rotatable bonds is 9. The second-order valence-corrected chi connectivity index (χ2v) is 12.5. The summed E-state index contributed by atoms with van der Waals surface area (Å²) in [6, 6.07) is 18.7. The van der Waals surface area contributed by atoms with Gasteiger partial charge in [-0.15, -0.1) is 0 Å². The van der Waals surface area contributed by atoms with Gasteiger partial charge in [-0.25, -0.2) is 4.79 Å². The van der Waals surface area contributed by atoms with E-state index in [9.17, 15) is 9.90 Å². The molecule has 0 saturated carbocycles. The molecule has 3 aliphatic rings. The number of amides is 2. The summed E-state index contributed by atoms with van der Waals surface area (Å²) in [7, 11) is 3.48. The zero-order valence-electron chi connectivity index (χ0n) is 27.0. The summed E-state index contributed by atoms with van der Waals surface area (Å²) in [4.78, 5) is 21.8. The molecule has 1 fully saturated rings. The molecule has 3 aliphatic heterocycles. The molecule has 9 nitrogen and oxygen atoms in total. The number of nitrogens with zero attached hydrogens (tertiary/aromatic N) is 4. The zero-order chi connectivity index (χ0) is 31.7. The number of carbonyl (C=O) groups excluding carboxylic acids is 1. The molecule has 0 bridgehead atoms. The van der Waals surface area contributed by atoms with Gasteiger partial charge in [-0.3, -0.25) is 9.80 Å². The lowest BCUT2D eigenvalue weighted by Gasteiger charge is -2.42. The summed E-state index contributed by atoms with van der Waals surface area (Å²) in [5.41, 5.74) is 8.72. The average molecular weight is 612 g/mol. The monoisotopic (exact) mass is 611 g/mol. The van der Waals surface area contributed by atoms with Crippen molar-refractivity contribution in [1.29, 1.82) is 0 Å². The topological polar surface area (TPSA) is 80.8 Å². The van der Waals surface area contributed by atoms with Crippen LogP contribution in [-0.4, -0.2) is 98.1 Å². The Morgan fingerprint density at radius 3 is 2.36 bits per heavy atom. The van der Waals surface area contributed by atoms with Gasteiger partial charge in [0.05, 0.1) is 12.8 Å². The molecule has 2 atom stereocenters. The lowest BCUT2D eigenvalue weighted by atomic mass is 9.94. The van der Waals surface area contributed by atoms with Gasteiger partial charge in [0.15, 0.2) is 11.5 Å². The van der Waals surface area contributed by atoms with Crippen molar-refractivity contribution in [3.05, 3.63) is 88.5 Å². The number of hydrogen-bond acceptors (Lipinski definition) is 7. The Morgan fingerprint density at radius 2 is 1.67 bits per heavy atom. The minimum atomic E-state index is -0.649. The van der Waals surface area contributed by atoms with Crippen LogP contribution in [0.2, 0.25) is 0 Å². The number of methoxy groups -OCH3 is 1. The first-order chi connectivity index (χ1) is 21.7. The lowest BCUT2D eigenvalue weighted by molar-refractivity contribution is 0.0653. The minimum absolute atomic E-state index is 0.0425. The molecular formula is C36H45N5O4. The number of ether oxygens (including phenoxy) is 2. The number of carbonyl (C=O) groups is 1. The fourth-order valence-electron chi connectivity index (χ4n) is 6.83. The average Bonchev–Trinajstić information content (AvgIpc) is 3.04. The second kappa shape index (κ2) is 13.0. The van der Waals surface area contributed by atoms with Crippen molar-refractivity contribution in [1.82, 2.24) is 14.7 Å². The van der Waals surface area contributed by atoms with Gasteiger partial charge in [0, 0.05) is 63.3 Å². The lowest BCUT2D eigenvalue weighted by Crippen LogP contribution is -2.53. The van der Waals surface area contributed by atoms with Crippen molar-refractivity contribution in [3.8, 4) is 11.5 Å². The first-order valence-corrected chi connectivity index (χ1v) is 15.9. The SMILES string of the molecule is COc1cc2c(cc1OCC(O)CN1CCN(c3ccccc3)CC1)C1=CC(Nc3c(C)cc(C)cc3C)N(C)C(=O)N1CC2. The molecule has 1 saturated heterocycles. The van der Waals surface area contributed by atoms with Crippen LogP contribution in [-0.2, 0) is 6.42 Å². The molecule has 0 aliphatic carbocycles. The van der Waals surface area contributed by atoms with Gasteiger partial charge < -0.3 is 29.7 Å². The number of aryl methyl sites for hydroxylation is 3. The van der Waals surface area contributed by atoms with Gasteiger partial charge >= 0.3 is 6.03 Å². The van der Waals surface area contributed by atoms with Crippen LogP contribution in [0.4, 0.5) is 16.2 Å². The van der Waals surface area contributed by atoms with Crippen molar-refractivity contribution in [2.75, 3.05) is 70.2 Å². The number of likely N-dealkylation sites (N-methyl/N-ethyl adjacent to an activating group) is 1. The number of β-amino-alcohol motifs (C(OH)–C–C–N with tert-alkyl or cyclic N) is 1. The number of aliphatic hydroxyl groups excluding tert-OH is 1. The Kier molecular flexibility index (Phi) is 8.92. The fourth-order valence-corrected chi connectivity index (χ4v) is 6.83. The number of urea groups is 1. The highest BCUT2D eigenvalue weighted by Crippen LogP contribution is 2.40. The van der Waals surface area contributed by atoms with E-state index < -0.39 is 6.10 Å². The molecule has 3 heterocycles. The summed E-state index contributed by atoms with van der Waals surface area (Å²) in [6.45, 7) is 11.2. The molecule has 2 unspecified atom stereocenters. The zero-order valence-corrected chi connectivity index (χ0v) is 27.0. The third-order valence-electron chi connectivity index (χ3n) is 9.19. The van der Waals surface area contributed by atoms with E-state index in [0.29, 0.717) is 24.6 Å². The number of nitrogens with one attached hydrogen (secondary N) is 1. The normalized spacial score (nSPS) is 19.1. The fraction of sp³-hybridized carbons (Fsp3) is 0.417. The number of piperazine rings is 1. The van der Waals surface area contributed by atoms with Gasteiger partial charge in [-0.1, -0.05) is 35.9 Å². The maximum Gasteiger partial charge on any atom is 0.326 e.